The SMILES string of the molecule is Cc1c(-c2ccnn2-c2ccc(C#N)cc2)c(=O)n(C(C)CS(N)(=O)=O)c(=O)n1-c1cccc(C(F)(F)F)c1. The highest BCUT2D eigenvalue weighted by Crippen LogP contribution is 2.31. The van der Waals surface area contributed by atoms with Crippen molar-refractivity contribution in [3.05, 3.63) is 98.5 Å². The van der Waals surface area contributed by atoms with Crippen LogP contribution in [-0.4, -0.2) is 33.1 Å². The van der Waals surface area contributed by atoms with Gasteiger partial charge in [0.05, 0.1) is 57.8 Å². The third kappa shape index (κ3) is 5.40. The van der Waals surface area contributed by atoms with Gasteiger partial charge in [0.2, 0.25) is 10.0 Å². The average molecular weight is 559 g/mol. The lowest BCUT2D eigenvalue weighted by Gasteiger charge is -2.21. The minimum absolute atomic E-state index is 0.00113. The summed E-state index contributed by atoms with van der Waals surface area (Å²) >= 11 is 0. The molecule has 39 heavy (non-hydrogen) atoms. The van der Waals surface area contributed by atoms with Gasteiger partial charge in [0, 0.05) is 5.69 Å². The van der Waals surface area contributed by atoms with Crippen molar-refractivity contribution in [3.63, 3.8) is 0 Å². The monoisotopic (exact) mass is 558 g/mol. The van der Waals surface area contributed by atoms with Crippen molar-refractivity contribution in [1.29, 1.82) is 5.26 Å². The zero-order valence-electron chi connectivity index (χ0n) is 20.5. The van der Waals surface area contributed by atoms with Gasteiger partial charge in [-0.2, -0.15) is 23.5 Å². The van der Waals surface area contributed by atoms with Gasteiger partial charge in [-0.3, -0.25) is 13.9 Å². The number of hydrogen-bond donors (Lipinski definition) is 1. The van der Waals surface area contributed by atoms with Crippen molar-refractivity contribution in [2.24, 2.45) is 5.14 Å². The van der Waals surface area contributed by atoms with Crippen LogP contribution in [-0.2, 0) is 16.2 Å². The van der Waals surface area contributed by atoms with Crippen molar-refractivity contribution < 1.29 is 21.6 Å². The summed E-state index contributed by atoms with van der Waals surface area (Å²) in [6.07, 6.45) is -3.33. The number of aromatic nitrogens is 4. The van der Waals surface area contributed by atoms with E-state index in [2.05, 4.69) is 5.10 Å². The highest BCUT2D eigenvalue weighted by atomic mass is 32.2. The first-order valence-electron chi connectivity index (χ1n) is 11.3. The van der Waals surface area contributed by atoms with Gasteiger partial charge < -0.3 is 0 Å². The molecule has 0 radical (unpaired) electrons. The summed E-state index contributed by atoms with van der Waals surface area (Å²) in [4.78, 5) is 27.4. The molecule has 1 atom stereocenters. The van der Waals surface area contributed by atoms with E-state index in [-0.39, 0.29) is 22.6 Å². The van der Waals surface area contributed by atoms with Crippen LogP contribution in [0.2, 0.25) is 0 Å². The van der Waals surface area contributed by atoms with Crippen LogP contribution in [0.15, 0.2) is 70.4 Å². The molecule has 0 amide bonds. The summed E-state index contributed by atoms with van der Waals surface area (Å²) in [5.74, 6) is -0.776. The Labute approximate surface area is 220 Å². The lowest BCUT2D eigenvalue weighted by atomic mass is 10.1. The molecule has 10 nitrogen and oxygen atoms in total. The Morgan fingerprint density at radius 2 is 1.74 bits per heavy atom. The number of sulfonamides is 1. The highest BCUT2D eigenvalue weighted by Gasteiger charge is 2.31. The maximum Gasteiger partial charge on any atom is 0.416 e. The molecule has 0 aliphatic rings. The standard InChI is InChI=1S/C25H21F3N6O4S/c1-15(14-39(30,37)38)32-23(35)22(21-10-11-31-34(21)19-8-6-17(13-29)7-9-19)16(2)33(24(32)36)20-5-3-4-18(12-20)25(26,27)28/h3-12,15H,14H2,1-2H3,(H2,30,37,38). The summed E-state index contributed by atoms with van der Waals surface area (Å²) in [6.45, 7) is 2.68. The van der Waals surface area contributed by atoms with Gasteiger partial charge in [-0.25, -0.2) is 23.0 Å². The fourth-order valence-corrected chi connectivity index (χ4v) is 5.14. The Hall–Kier alpha value is -4.48. The molecule has 0 aliphatic carbocycles. The maximum absolute atomic E-state index is 13.8. The van der Waals surface area contributed by atoms with Crippen LogP contribution in [0.25, 0.3) is 22.6 Å². The summed E-state index contributed by atoms with van der Waals surface area (Å²) in [7, 11) is -4.14. The van der Waals surface area contributed by atoms with E-state index in [0.717, 1.165) is 22.8 Å². The second kappa shape index (κ2) is 10.0. The number of nitrogens with zero attached hydrogens (tertiary/aromatic N) is 5. The van der Waals surface area contributed by atoms with Gasteiger partial charge in [-0.15, -0.1) is 0 Å². The molecule has 14 heteroatoms. The largest absolute Gasteiger partial charge is 0.416 e. The predicted molar refractivity (Wildman–Crippen MR) is 136 cm³/mol. The summed E-state index contributed by atoms with van der Waals surface area (Å²) < 4.78 is 67.0. The van der Waals surface area contributed by atoms with Crippen LogP contribution < -0.4 is 16.4 Å². The van der Waals surface area contributed by atoms with E-state index in [1.807, 2.05) is 6.07 Å². The molecule has 2 heterocycles. The highest BCUT2D eigenvalue weighted by molar-refractivity contribution is 7.89. The number of hydrogen-bond acceptors (Lipinski definition) is 6. The first kappa shape index (κ1) is 27.6. The molecule has 0 saturated heterocycles. The Morgan fingerprint density at radius 3 is 2.33 bits per heavy atom. The Balaban J connectivity index is 2.07. The molecule has 2 N–H and O–H groups in total. The first-order valence-corrected chi connectivity index (χ1v) is 13.1. The number of halogens is 3. The Bertz CT molecular complexity index is 1830. The average Bonchev–Trinajstić information content (AvgIpc) is 3.32. The van der Waals surface area contributed by atoms with Crippen LogP contribution in [0.1, 0.15) is 29.8 Å². The normalized spacial score (nSPS) is 12.7. The van der Waals surface area contributed by atoms with Gasteiger partial charge in [0.25, 0.3) is 5.56 Å². The molecule has 0 bridgehead atoms. The number of nitriles is 1. The second-order valence-electron chi connectivity index (χ2n) is 8.77. The van der Waals surface area contributed by atoms with E-state index in [1.54, 1.807) is 12.1 Å². The maximum atomic E-state index is 13.8. The third-order valence-electron chi connectivity index (χ3n) is 6.01. The Kier molecular flexibility index (Phi) is 7.07. The van der Waals surface area contributed by atoms with E-state index in [4.69, 9.17) is 10.4 Å². The van der Waals surface area contributed by atoms with Crippen LogP contribution in [0, 0.1) is 18.3 Å². The van der Waals surface area contributed by atoms with E-state index in [1.165, 1.54) is 49.0 Å². The summed E-state index contributed by atoms with van der Waals surface area (Å²) in [5, 5.41) is 18.5. The van der Waals surface area contributed by atoms with E-state index < -0.39 is 44.8 Å². The zero-order chi connectivity index (χ0) is 28.7. The van der Waals surface area contributed by atoms with Crippen molar-refractivity contribution in [2.75, 3.05) is 5.75 Å². The predicted octanol–water partition coefficient (Wildman–Crippen LogP) is 2.90. The van der Waals surface area contributed by atoms with Crippen molar-refractivity contribution in [1.82, 2.24) is 18.9 Å². The Morgan fingerprint density at radius 1 is 1.08 bits per heavy atom. The number of rotatable bonds is 6. The third-order valence-corrected chi connectivity index (χ3v) is 6.96. The van der Waals surface area contributed by atoms with Crippen molar-refractivity contribution in [2.45, 2.75) is 26.1 Å². The van der Waals surface area contributed by atoms with Gasteiger partial charge in [-0.1, -0.05) is 6.07 Å². The molecule has 202 valence electrons. The minimum atomic E-state index is -4.71. The van der Waals surface area contributed by atoms with E-state index >= 15 is 0 Å². The lowest BCUT2D eigenvalue weighted by molar-refractivity contribution is -0.137. The molecule has 0 aliphatic heterocycles. The molecule has 4 aromatic rings. The number of alkyl halides is 3. The number of nitrogens with two attached hydrogens (primary N) is 1. The van der Waals surface area contributed by atoms with Crippen LogP contribution >= 0.6 is 0 Å². The molecule has 2 aromatic carbocycles. The topological polar surface area (TPSA) is 146 Å². The number of benzene rings is 2. The van der Waals surface area contributed by atoms with Crippen LogP contribution in [0.3, 0.4) is 0 Å². The van der Waals surface area contributed by atoms with Crippen LogP contribution in [0.5, 0.6) is 0 Å². The van der Waals surface area contributed by atoms with Gasteiger partial charge in [-0.05, 0) is 62.4 Å². The van der Waals surface area contributed by atoms with Gasteiger partial charge in [0.1, 0.15) is 0 Å². The molecule has 0 spiro atoms. The first-order chi connectivity index (χ1) is 18.2. The molecule has 0 fully saturated rings. The minimum Gasteiger partial charge on any atom is -0.268 e. The quantitative estimate of drug-likeness (QED) is 0.385. The van der Waals surface area contributed by atoms with Crippen molar-refractivity contribution in [3.8, 4) is 28.7 Å². The van der Waals surface area contributed by atoms with Gasteiger partial charge >= 0.3 is 11.9 Å². The molecular formula is C25H21F3N6O4S. The molecule has 4 rings (SSSR count). The smallest absolute Gasteiger partial charge is 0.268 e. The molecule has 1 unspecified atom stereocenters. The fraction of sp³-hybridized carbons (Fsp3) is 0.200. The van der Waals surface area contributed by atoms with Crippen LogP contribution in [0.4, 0.5) is 13.2 Å². The fourth-order valence-electron chi connectivity index (χ4n) is 4.32. The molecule has 2 aromatic heterocycles. The molecular weight excluding hydrogens is 537 g/mol. The second-order valence-corrected chi connectivity index (χ2v) is 10.4. The summed E-state index contributed by atoms with van der Waals surface area (Å²) in [5.41, 5.74) is -2.23. The van der Waals surface area contributed by atoms with E-state index in [9.17, 15) is 31.2 Å². The number of primary sulfonamides is 1. The van der Waals surface area contributed by atoms with E-state index in [0.29, 0.717) is 15.8 Å². The zero-order valence-corrected chi connectivity index (χ0v) is 21.4. The lowest BCUT2D eigenvalue weighted by Crippen LogP contribution is -2.45. The van der Waals surface area contributed by atoms with Gasteiger partial charge in [0.15, 0.2) is 0 Å². The summed E-state index contributed by atoms with van der Waals surface area (Å²) in [6, 6.07) is 12.4. The van der Waals surface area contributed by atoms with Crippen molar-refractivity contribution >= 4 is 10.0 Å². The molecule has 0 saturated carbocycles.